The molecule has 0 aliphatic carbocycles. The Kier molecular flexibility index (Phi) is 3.23. The van der Waals surface area contributed by atoms with Gasteiger partial charge in [-0.15, -0.1) is 0 Å². The van der Waals surface area contributed by atoms with E-state index >= 15 is 0 Å². The van der Waals surface area contributed by atoms with Crippen molar-refractivity contribution in [2.24, 2.45) is 0 Å². The van der Waals surface area contributed by atoms with Gasteiger partial charge in [-0.25, -0.2) is 4.98 Å². The lowest BCUT2D eigenvalue weighted by Gasteiger charge is -2.15. The summed E-state index contributed by atoms with van der Waals surface area (Å²) in [6, 6.07) is 1.88. The third kappa shape index (κ3) is 2.48. The van der Waals surface area contributed by atoms with E-state index in [9.17, 15) is 5.11 Å². The number of pyridine rings is 1. The van der Waals surface area contributed by atoms with E-state index in [-0.39, 0.29) is 6.10 Å². The third-order valence-electron chi connectivity index (χ3n) is 2.28. The van der Waals surface area contributed by atoms with Crippen molar-refractivity contribution in [1.82, 2.24) is 4.98 Å². The summed E-state index contributed by atoms with van der Waals surface area (Å²) < 4.78 is 11.5. The number of aliphatic hydroxyl groups excluding tert-OH is 1. The molecule has 15 heavy (non-hydrogen) atoms. The molecule has 1 aliphatic heterocycles. The molecule has 1 aromatic rings. The number of ether oxygens (including phenoxy) is 2. The number of hydrogen-bond donors (Lipinski definition) is 1. The van der Waals surface area contributed by atoms with Crippen LogP contribution in [0, 0.1) is 6.92 Å². The number of halogens is 1. The fraction of sp³-hybridized carbons (Fsp3) is 0.500. The molecule has 2 unspecified atom stereocenters. The highest BCUT2D eigenvalue weighted by Gasteiger charge is 2.28. The van der Waals surface area contributed by atoms with Crippen LogP contribution < -0.4 is 4.74 Å². The second kappa shape index (κ2) is 4.47. The van der Waals surface area contributed by atoms with Crippen molar-refractivity contribution in [3.63, 3.8) is 0 Å². The van der Waals surface area contributed by atoms with Crippen molar-refractivity contribution in [1.29, 1.82) is 0 Å². The van der Waals surface area contributed by atoms with E-state index in [0.29, 0.717) is 19.0 Å². The molecule has 4 nitrogen and oxygen atoms in total. The second-order valence-corrected chi connectivity index (χ2v) is 4.29. The molecule has 1 saturated heterocycles. The third-order valence-corrected chi connectivity index (χ3v) is 3.11. The van der Waals surface area contributed by atoms with Crippen LogP contribution in [0.2, 0.25) is 0 Å². The minimum Gasteiger partial charge on any atom is -0.484 e. The van der Waals surface area contributed by atoms with Crippen LogP contribution in [0.25, 0.3) is 0 Å². The monoisotopic (exact) mass is 273 g/mol. The first-order valence-electron chi connectivity index (χ1n) is 4.71. The molecule has 5 heteroatoms. The Morgan fingerprint density at radius 2 is 2.40 bits per heavy atom. The minimum absolute atomic E-state index is 0.285. The molecule has 1 fully saturated rings. The van der Waals surface area contributed by atoms with E-state index in [1.165, 1.54) is 0 Å². The highest BCUT2D eigenvalue weighted by Crippen LogP contribution is 2.21. The molecule has 1 N–H and O–H groups in total. The molecular formula is C10H12BrNO3. The van der Waals surface area contributed by atoms with Crippen molar-refractivity contribution in [3.05, 3.63) is 22.4 Å². The fourth-order valence-corrected chi connectivity index (χ4v) is 1.62. The maximum absolute atomic E-state index is 9.49. The zero-order valence-corrected chi connectivity index (χ0v) is 9.90. The second-order valence-electron chi connectivity index (χ2n) is 3.54. The van der Waals surface area contributed by atoms with Crippen LogP contribution >= 0.6 is 15.9 Å². The van der Waals surface area contributed by atoms with Gasteiger partial charge in [-0.3, -0.25) is 0 Å². The number of nitrogens with zero attached hydrogens (tertiary/aromatic N) is 1. The molecule has 2 rings (SSSR count). The first-order chi connectivity index (χ1) is 7.16. The number of hydrogen-bond acceptors (Lipinski definition) is 4. The Labute approximate surface area is 96.4 Å². The zero-order valence-electron chi connectivity index (χ0n) is 8.31. The number of aliphatic hydroxyl groups is 1. The van der Waals surface area contributed by atoms with Crippen molar-refractivity contribution in [2.75, 3.05) is 13.2 Å². The van der Waals surface area contributed by atoms with Gasteiger partial charge in [0.25, 0.3) is 0 Å². The van der Waals surface area contributed by atoms with Crippen molar-refractivity contribution >= 4 is 15.9 Å². The van der Waals surface area contributed by atoms with Crippen LogP contribution in [0.1, 0.15) is 5.56 Å². The Hall–Kier alpha value is -0.650. The summed E-state index contributed by atoms with van der Waals surface area (Å²) in [7, 11) is 0. The molecular weight excluding hydrogens is 262 g/mol. The lowest BCUT2D eigenvalue weighted by Crippen LogP contribution is -2.29. The van der Waals surface area contributed by atoms with E-state index in [1.807, 2.05) is 13.0 Å². The molecule has 2 heterocycles. The molecule has 0 spiro atoms. The molecule has 1 aromatic heterocycles. The SMILES string of the molecule is Cc1cc(OC2COCC2O)cnc1Br. The summed E-state index contributed by atoms with van der Waals surface area (Å²) in [6.45, 7) is 2.70. The van der Waals surface area contributed by atoms with Gasteiger partial charge >= 0.3 is 0 Å². The molecule has 0 radical (unpaired) electrons. The summed E-state index contributed by atoms with van der Waals surface area (Å²) in [6.07, 6.45) is 0.795. The fourth-order valence-electron chi connectivity index (χ4n) is 1.41. The van der Waals surface area contributed by atoms with Crippen LogP contribution in [-0.4, -0.2) is 35.5 Å². The van der Waals surface area contributed by atoms with Crippen LogP contribution in [0.4, 0.5) is 0 Å². The van der Waals surface area contributed by atoms with Gasteiger partial charge in [0.15, 0.2) is 0 Å². The normalized spacial score (nSPS) is 25.5. The van der Waals surface area contributed by atoms with E-state index in [0.717, 1.165) is 10.2 Å². The van der Waals surface area contributed by atoms with Crippen LogP contribution in [0.15, 0.2) is 16.9 Å². The lowest BCUT2D eigenvalue weighted by atomic mass is 10.2. The first kappa shape index (κ1) is 10.9. The first-order valence-corrected chi connectivity index (χ1v) is 5.51. The number of rotatable bonds is 2. The van der Waals surface area contributed by atoms with Crippen LogP contribution in [-0.2, 0) is 4.74 Å². The van der Waals surface area contributed by atoms with Crippen LogP contribution in [0.5, 0.6) is 5.75 Å². The van der Waals surface area contributed by atoms with Crippen molar-refractivity contribution in [3.8, 4) is 5.75 Å². The Morgan fingerprint density at radius 1 is 1.60 bits per heavy atom. The predicted octanol–water partition coefficient (Wildman–Crippen LogP) is 1.29. The Morgan fingerprint density at radius 3 is 3.00 bits per heavy atom. The molecule has 1 aliphatic rings. The highest BCUT2D eigenvalue weighted by molar-refractivity contribution is 9.10. The molecule has 0 aromatic carbocycles. The molecule has 0 saturated carbocycles. The summed E-state index contributed by atoms with van der Waals surface area (Å²) in [4.78, 5) is 4.11. The van der Waals surface area contributed by atoms with Crippen molar-refractivity contribution in [2.45, 2.75) is 19.1 Å². The maximum Gasteiger partial charge on any atom is 0.150 e. The maximum atomic E-state index is 9.49. The summed E-state index contributed by atoms with van der Waals surface area (Å²) in [5.74, 6) is 0.658. The minimum atomic E-state index is -0.547. The van der Waals surface area contributed by atoms with Gasteiger partial charge in [0.05, 0.1) is 19.4 Å². The van der Waals surface area contributed by atoms with E-state index in [2.05, 4.69) is 20.9 Å². The van der Waals surface area contributed by atoms with Crippen molar-refractivity contribution < 1.29 is 14.6 Å². The molecule has 2 atom stereocenters. The van der Waals surface area contributed by atoms with Gasteiger partial charge in [-0.1, -0.05) is 0 Å². The van der Waals surface area contributed by atoms with Gasteiger partial charge in [0, 0.05) is 0 Å². The van der Waals surface area contributed by atoms with Gasteiger partial charge in [-0.2, -0.15) is 0 Å². The lowest BCUT2D eigenvalue weighted by molar-refractivity contribution is 0.0730. The zero-order chi connectivity index (χ0) is 10.8. The largest absolute Gasteiger partial charge is 0.484 e. The summed E-state index contributed by atoms with van der Waals surface area (Å²) in [5.41, 5.74) is 1.00. The predicted molar refractivity (Wildman–Crippen MR) is 57.9 cm³/mol. The van der Waals surface area contributed by atoms with E-state index in [1.54, 1.807) is 6.20 Å². The Balaban J connectivity index is 2.07. The molecule has 82 valence electrons. The van der Waals surface area contributed by atoms with E-state index in [4.69, 9.17) is 9.47 Å². The topological polar surface area (TPSA) is 51.6 Å². The Bertz CT molecular complexity index is 359. The standard InChI is InChI=1S/C10H12BrNO3/c1-6-2-7(3-12-10(6)11)15-9-5-14-4-8(9)13/h2-3,8-9,13H,4-5H2,1H3. The molecule has 0 amide bonds. The average molecular weight is 274 g/mol. The average Bonchev–Trinajstić information content (AvgIpc) is 2.59. The van der Waals surface area contributed by atoms with Crippen LogP contribution in [0.3, 0.4) is 0 Å². The summed E-state index contributed by atoms with van der Waals surface area (Å²) >= 11 is 3.31. The molecule has 0 bridgehead atoms. The smallest absolute Gasteiger partial charge is 0.150 e. The highest BCUT2D eigenvalue weighted by atomic mass is 79.9. The number of aromatic nitrogens is 1. The van der Waals surface area contributed by atoms with Gasteiger partial charge in [0.2, 0.25) is 0 Å². The summed E-state index contributed by atoms with van der Waals surface area (Å²) in [5, 5.41) is 9.49. The quantitative estimate of drug-likeness (QED) is 0.826. The number of aryl methyl sites for hydroxylation is 1. The van der Waals surface area contributed by atoms with Gasteiger partial charge in [-0.05, 0) is 34.5 Å². The van der Waals surface area contributed by atoms with Gasteiger partial charge < -0.3 is 14.6 Å². The van der Waals surface area contributed by atoms with E-state index < -0.39 is 6.10 Å². The van der Waals surface area contributed by atoms with Gasteiger partial charge in [0.1, 0.15) is 22.6 Å².